The minimum Gasteiger partial charge on any atom is -0.370 e. The van der Waals surface area contributed by atoms with Crippen LogP contribution in [0.5, 0.6) is 0 Å². The molecule has 0 aromatic heterocycles. The topological polar surface area (TPSA) is 3.24 Å². The molecule has 1 heterocycles. The number of thioether (sulfide) groups is 1. The number of allylic oxidation sites excluding steroid dienone is 4. The number of hydrogen-bond acceptors (Lipinski definition) is 2. The zero-order valence-corrected chi connectivity index (χ0v) is 11.9. The van der Waals surface area contributed by atoms with E-state index in [0.29, 0.717) is 6.04 Å². The summed E-state index contributed by atoms with van der Waals surface area (Å²) in [7, 11) is 2.12. The molecule has 0 bridgehead atoms. The molecule has 1 nitrogen and oxygen atoms in total. The SMILES string of the molecule is C=CS/C(=C\C)C1=CN(C)C(/C=C\C)C(C)=C1. The summed E-state index contributed by atoms with van der Waals surface area (Å²) in [5, 5.41) is 1.87. The van der Waals surface area contributed by atoms with Gasteiger partial charge in [-0.25, -0.2) is 0 Å². The van der Waals surface area contributed by atoms with E-state index in [1.807, 2.05) is 5.41 Å². The van der Waals surface area contributed by atoms with E-state index in [-0.39, 0.29) is 0 Å². The van der Waals surface area contributed by atoms with Crippen molar-refractivity contribution in [2.24, 2.45) is 0 Å². The second-order valence-corrected chi connectivity index (χ2v) is 5.06. The lowest BCUT2D eigenvalue weighted by molar-refractivity contribution is 0.415. The highest BCUT2D eigenvalue weighted by Crippen LogP contribution is 2.31. The highest BCUT2D eigenvalue weighted by molar-refractivity contribution is 8.06. The standard InChI is InChI=1S/C15H21NS/c1-6-9-14-12(4)10-13(11-16(14)5)15(7-2)17-8-3/h6-11,14H,3H2,1-2,4-5H3/b9-6-,15-7-. The van der Waals surface area contributed by atoms with Crippen LogP contribution in [0.3, 0.4) is 0 Å². The Morgan fingerprint density at radius 2 is 2.18 bits per heavy atom. The first-order valence-corrected chi connectivity index (χ1v) is 6.71. The summed E-state index contributed by atoms with van der Waals surface area (Å²) < 4.78 is 0. The number of likely N-dealkylation sites (N-methyl/N-ethyl adjacent to an activating group) is 1. The van der Waals surface area contributed by atoms with Crippen molar-refractivity contribution >= 4 is 11.8 Å². The molecule has 1 aliphatic rings. The van der Waals surface area contributed by atoms with Gasteiger partial charge in [0.15, 0.2) is 0 Å². The molecule has 0 N–H and O–H groups in total. The molecule has 1 unspecified atom stereocenters. The Kier molecular flexibility index (Phi) is 5.36. The van der Waals surface area contributed by atoms with E-state index in [2.05, 4.69) is 69.8 Å². The van der Waals surface area contributed by atoms with E-state index in [9.17, 15) is 0 Å². The fourth-order valence-electron chi connectivity index (χ4n) is 1.99. The summed E-state index contributed by atoms with van der Waals surface area (Å²) in [5.74, 6) is 0. The van der Waals surface area contributed by atoms with Gasteiger partial charge >= 0.3 is 0 Å². The first kappa shape index (κ1) is 13.9. The van der Waals surface area contributed by atoms with Gasteiger partial charge < -0.3 is 4.90 Å². The van der Waals surface area contributed by atoms with Gasteiger partial charge in [-0.1, -0.05) is 42.6 Å². The first-order chi connectivity index (χ1) is 8.13. The minimum atomic E-state index is 0.385. The number of rotatable bonds is 4. The third kappa shape index (κ3) is 3.40. The molecule has 0 spiro atoms. The third-order valence-electron chi connectivity index (χ3n) is 2.76. The maximum atomic E-state index is 3.78. The highest BCUT2D eigenvalue weighted by Gasteiger charge is 2.17. The molecule has 2 heteroatoms. The predicted molar refractivity (Wildman–Crippen MR) is 79.8 cm³/mol. The third-order valence-corrected chi connectivity index (χ3v) is 3.65. The van der Waals surface area contributed by atoms with Crippen molar-refractivity contribution in [3.63, 3.8) is 0 Å². The van der Waals surface area contributed by atoms with Crippen molar-refractivity contribution in [3.05, 3.63) is 58.5 Å². The van der Waals surface area contributed by atoms with Crippen LogP contribution in [0.1, 0.15) is 20.8 Å². The molecule has 1 rings (SSSR count). The molecule has 0 aliphatic carbocycles. The summed E-state index contributed by atoms with van der Waals surface area (Å²) in [5.41, 5.74) is 2.63. The summed E-state index contributed by atoms with van der Waals surface area (Å²) >= 11 is 1.67. The van der Waals surface area contributed by atoms with Crippen molar-refractivity contribution in [1.82, 2.24) is 4.90 Å². The Bertz CT molecular complexity index is 399. The first-order valence-electron chi connectivity index (χ1n) is 5.83. The van der Waals surface area contributed by atoms with Gasteiger partial charge in [-0.3, -0.25) is 0 Å². The lowest BCUT2D eigenvalue weighted by Crippen LogP contribution is -2.29. The van der Waals surface area contributed by atoms with Crippen LogP contribution in [0.25, 0.3) is 0 Å². The van der Waals surface area contributed by atoms with Crippen molar-refractivity contribution in [3.8, 4) is 0 Å². The Morgan fingerprint density at radius 3 is 2.65 bits per heavy atom. The van der Waals surface area contributed by atoms with Crippen LogP contribution in [0.4, 0.5) is 0 Å². The maximum absolute atomic E-state index is 3.78. The van der Waals surface area contributed by atoms with Crippen molar-refractivity contribution < 1.29 is 0 Å². The molecule has 1 atom stereocenters. The number of hydrogen-bond donors (Lipinski definition) is 0. The van der Waals surface area contributed by atoms with Crippen molar-refractivity contribution in [2.45, 2.75) is 26.8 Å². The van der Waals surface area contributed by atoms with Crippen LogP contribution in [0.2, 0.25) is 0 Å². The zero-order chi connectivity index (χ0) is 12.8. The highest BCUT2D eigenvalue weighted by atomic mass is 32.2. The molecule has 17 heavy (non-hydrogen) atoms. The summed E-state index contributed by atoms with van der Waals surface area (Å²) in [6.07, 6.45) is 10.9. The summed E-state index contributed by atoms with van der Waals surface area (Å²) in [6, 6.07) is 0.385. The van der Waals surface area contributed by atoms with Gasteiger partial charge in [0, 0.05) is 23.7 Å². The molecule has 0 saturated heterocycles. The maximum Gasteiger partial charge on any atom is 0.0678 e. The van der Waals surface area contributed by atoms with Gasteiger partial charge in [-0.15, -0.1) is 0 Å². The van der Waals surface area contributed by atoms with E-state index in [0.717, 1.165) is 0 Å². The monoisotopic (exact) mass is 247 g/mol. The normalized spacial score (nSPS) is 21.5. The average Bonchev–Trinajstić information content (AvgIpc) is 2.30. The molecule has 0 saturated carbocycles. The van der Waals surface area contributed by atoms with Crippen LogP contribution in [0.15, 0.2) is 58.5 Å². The Labute approximate surface area is 109 Å². The number of nitrogens with zero attached hydrogens (tertiary/aromatic N) is 1. The van der Waals surface area contributed by atoms with Crippen LogP contribution in [-0.4, -0.2) is 18.0 Å². The fourth-order valence-corrected chi connectivity index (χ4v) is 2.55. The molecule has 0 aromatic rings. The Balaban J connectivity index is 3.00. The fraction of sp³-hybridized carbons (Fsp3) is 0.333. The van der Waals surface area contributed by atoms with Crippen LogP contribution in [-0.2, 0) is 0 Å². The molecule has 1 aliphatic heterocycles. The zero-order valence-electron chi connectivity index (χ0n) is 11.1. The molecule has 0 amide bonds. The smallest absolute Gasteiger partial charge is 0.0678 e. The largest absolute Gasteiger partial charge is 0.370 e. The molecule has 0 aromatic carbocycles. The Morgan fingerprint density at radius 1 is 1.47 bits per heavy atom. The summed E-state index contributed by atoms with van der Waals surface area (Å²) in [6.45, 7) is 10.1. The molecule has 0 radical (unpaired) electrons. The molecule has 0 fully saturated rings. The average molecular weight is 247 g/mol. The summed E-state index contributed by atoms with van der Waals surface area (Å²) in [4.78, 5) is 3.50. The van der Waals surface area contributed by atoms with E-state index in [4.69, 9.17) is 0 Å². The van der Waals surface area contributed by atoms with Crippen LogP contribution >= 0.6 is 11.8 Å². The lowest BCUT2D eigenvalue weighted by Gasteiger charge is -2.30. The van der Waals surface area contributed by atoms with Crippen LogP contribution < -0.4 is 0 Å². The molecular formula is C15H21NS. The quantitative estimate of drug-likeness (QED) is 0.673. The van der Waals surface area contributed by atoms with Gasteiger partial charge in [-0.2, -0.15) is 0 Å². The van der Waals surface area contributed by atoms with E-state index in [1.165, 1.54) is 16.1 Å². The second-order valence-electron chi connectivity index (χ2n) is 4.05. The van der Waals surface area contributed by atoms with Gasteiger partial charge in [0.2, 0.25) is 0 Å². The molecule has 92 valence electrons. The van der Waals surface area contributed by atoms with Gasteiger partial charge in [0.05, 0.1) is 6.04 Å². The Hall–Kier alpha value is -1.15. The van der Waals surface area contributed by atoms with Gasteiger partial charge in [-0.05, 0) is 31.8 Å². The lowest BCUT2D eigenvalue weighted by atomic mass is 10.00. The van der Waals surface area contributed by atoms with Gasteiger partial charge in [0.25, 0.3) is 0 Å². The molecular weight excluding hydrogens is 226 g/mol. The van der Waals surface area contributed by atoms with Gasteiger partial charge in [0.1, 0.15) is 0 Å². The van der Waals surface area contributed by atoms with E-state index in [1.54, 1.807) is 11.8 Å². The second kappa shape index (κ2) is 6.55. The minimum absolute atomic E-state index is 0.385. The van der Waals surface area contributed by atoms with Crippen molar-refractivity contribution in [2.75, 3.05) is 7.05 Å². The van der Waals surface area contributed by atoms with E-state index >= 15 is 0 Å². The predicted octanol–water partition coefficient (Wildman–Crippen LogP) is 4.49. The van der Waals surface area contributed by atoms with E-state index < -0.39 is 0 Å². The van der Waals surface area contributed by atoms with Crippen LogP contribution in [0, 0.1) is 0 Å². The van der Waals surface area contributed by atoms with Crippen molar-refractivity contribution in [1.29, 1.82) is 0 Å².